The number of nitrogens with one attached hydrogen (secondary N) is 1. The van der Waals surface area contributed by atoms with Gasteiger partial charge in [-0.25, -0.2) is 0 Å². The number of carbonyl (C=O) groups is 1. The first-order chi connectivity index (χ1) is 8.29. The summed E-state index contributed by atoms with van der Waals surface area (Å²) in [5.74, 6) is -0.252. The number of anilines is 1. The molecule has 0 atom stereocenters. The molecular formula is C13H17Cl2NO2. The molecule has 0 aliphatic carbocycles. The summed E-state index contributed by atoms with van der Waals surface area (Å²) in [6.45, 7) is 5.94. The van der Waals surface area contributed by atoms with E-state index in [0.717, 1.165) is 0 Å². The maximum atomic E-state index is 11.5. The molecule has 0 bridgehead atoms. The highest BCUT2D eigenvalue weighted by molar-refractivity contribution is 6.39. The van der Waals surface area contributed by atoms with Crippen LogP contribution in [0.2, 0.25) is 10.0 Å². The standard InChI is InChI=1S/C13H17Cl2NO2/c1-13(2,3)18-11(17)7-8-16-12-9(14)5-4-6-10(12)15/h4-6,16H,7-8H2,1-3H3. The molecule has 0 saturated heterocycles. The third kappa shape index (κ3) is 5.15. The fraction of sp³-hybridized carbons (Fsp3) is 0.462. The minimum atomic E-state index is -0.459. The maximum Gasteiger partial charge on any atom is 0.308 e. The van der Waals surface area contributed by atoms with Gasteiger partial charge in [0.2, 0.25) is 0 Å². The number of benzene rings is 1. The first-order valence-corrected chi connectivity index (χ1v) is 6.45. The Hall–Kier alpha value is -0.930. The Kier molecular flexibility index (Phi) is 5.29. The van der Waals surface area contributed by atoms with E-state index in [4.69, 9.17) is 27.9 Å². The molecule has 1 rings (SSSR count). The fourth-order valence-electron chi connectivity index (χ4n) is 1.35. The summed E-state index contributed by atoms with van der Waals surface area (Å²) in [5, 5.41) is 4.10. The van der Waals surface area contributed by atoms with Crippen molar-refractivity contribution in [3.05, 3.63) is 28.2 Å². The van der Waals surface area contributed by atoms with Crippen LogP contribution in [0.15, 0.2) is 18.2 Å². The molecule has 0 aliphatic rings. The van der Waals surface area contributed by atoms with Gasteiger partial charge in [-0.1, -0.05) is 29.3 Å². The molecule has 5 heteroatoms. The monoisotopic (exact) mass is 289 g/mol. The third-order valence-electron chi connectivity index (χ3n) is 2.01. The van der Waals surface area contributed by atoms with Gasteiger partial charge in [0.05, 0.1) is 22.2 Å². The van der Waals surface area contributed by atoms with Crippen molar-refractivity contribution in [2.75, 3.05) is 11.9 Å². The van der Waals surface area contributed by atoms with Crippen molar-refractivity contribution in [3.8, 4) is 0 Å². The second kappa shape index (κ2) is 6.30. The second-order valence-corrected chi connectivity index (χ2v) is 5.67. The average Bonchev–Trinajstić information content (AvgIpc) is 2.19. The van der Waals surface area contributed by atoms with Crippen molar-refractivity contribution in [3.63, 3.8) is 0 Å². The molecule has 1 aromatic rings. The number of hydrogen-bond donors (Lipinski definition) is 1. The summed E-state index contributed by atoms with van der Waals surface area (Å²) >= 11 is 12.0. The number of ether oxygens (including phenoxy) is 1. The number of esters is 1. The number of hydrogen-bond acceptors (Lipinski definition) is 3. The second-order valence-electron chi connectivity index (χ2n) is 4.86. The highest BCUT2D eigenvalue weighted by Crippen LogP contribution is 2.29. The third-order valence-corrected chi connectivity index (χ3v) is 2.64. The van der Waals surface area contributed by atoms with Gasteiger partial charge in [-0.05, 0) is 32.9 Å². The van der Waals surface area contributed by atoms with Gasteiger partial charge >= 0.3 is 5.97 Å². The van der Waals surface area contributed by atoms with E-state index in [1.165, 1.54) is 0 Å². The topological polar surface area (TPSA) is 38.3 Å². The predicted molar refractivity (Wildman–Crippen MR) is 75.4 cm³/mol. The van der Waals surface area contributed by atoms with E-state index in [2.05, 4.69) is 5.32 Å². The Morgan fingerprint density at radius 2 is 1.83 bits per heavy atom. The van der Waals surface area contributed by atoms with Crippen LogP contribution >= 0.6 is 23.2 Å². The van der Waals surface area contributed by atoms with Crippen LogP contribution in [0.4, 0.5) is 5.69 Å². The molecule has 0 fully saturated rings. The van der Waals surface area contributed by atoms with E-state index >= 15 is 0 Å². The first-order valence-electron chi connectivity index (χ1n) is 5.69. The quantitative estimate of drug-likeness (QED) is 0.847. The SMILES string of the molecule is CC(C)(C)OC(=O)CCNc1c(Cl)cccc1Cl. The normalized spacial score (nSPS) is 11.2. The molecule has 0 amide bonds. The summed E-state index contributed by atoms with van der Waals surface area (Å²) in [6.07, 6.45) is 0.263. The van der Waals surface area contributed by atoms with Gasteiger partial charge < -0.3 is 10.1 Å². The average molecular weight is 290 g/mol. The summed E-state index contributed by atoms with van der Waals surface area (Å²) in [7, 11) is 0. The molecule has 1 aromatic carbocycles. The lowest BCUT2D eigenvalue weighted by Gasteiger charge is -2.19. The molecule has 100 valence electrons. The fourth-order valence-corrected chi connectivity index (χ4v) is 1.88. The van der Waals surface area contributed by atoms with Crippen LogP contribution in [0, 0.1) is 0 Å². The Balaban J connectivity index is 2.45. The molecule has 18 heavy (non-hydrogen) atoms. The summed E-state index contributed by atoms with van der Waals surface area (Å²) < 4.78 is 5.19. The van der Waals surface area contributed by atoms with Crippen LogP contribution in [0.25, 0.3) is 0 Å². The van der Waals surface area contributed by atoms with E-state index in [1.54, 1.807) is 18.2 Å². The van der Waals surface area contributed by atoms with Gasteiger partial charge in [0.1, 0.15) is 5.60 Å². The highest BCUT2D eigenvalue weighted by Gasteiger charge is 2.15. The van der Waals surface area contributed by atoms with Crippen LogP contribution in [-0.4, -0.2) is 18.1 Å². The van der Waals surface area contributed by atoms with Gasteiger partial charge in [0, 0.05) is 6.54 Å². The van der Waals surface area contributed by atoms with E-state index in [-0.39, 0.29) is 12.4 Å². The van der Waals surface area contributed by atoms with Crippen molar-refractivity contribution in [2.24, 2.45) is 0 Å². The highest BCUT2D eigenvalue weighted by atomic mass is 35.5. The Morgan fingerprint density at radius 3 is 2.33 bits per heavy atom. The van der Waals surface area contributed by atoms with Crippen LogP contribution in [0.3, 0.4) is 0 Å². The Bertz CT molecular complexity index is 407. The number of para-hydroxylation sites is 1. The number of halogens is 2. The van der Waals surface area contributed by atoms with Crippen molar-refractivity contribution in [2.45, 2.75) is 32.8 Å². The molecule has 0 aliphatic heterocycles. The van der Waals surface area contributed by atoms with Crippen molar-refractivity contribution < 1.29 is 9.53 Å². The lowest BCUT2D eigenvalue weighted by Crippen LogP contribution is -2.25. The largest absolute Gasteiger partial charge is 0.460 e. The van der Waals surface area contributed by atoms with Gasteiger partial charge in [0.15, 0.2) is 0 Å². The smallest absolute Gasteiger partial charge is 0.308 e. The minimum absolute atomic E-state index is 0.252. The van der Waals surface area contributed by atoms with Crippen molar-refractivity contribution in [1.29, 1.82) is 0 Å². The Morgan fingerprint density at radius 1 is 1.28 bits per heavy atom. The lowest BCUT2D eigenvalue weighted by atomic mass is 10.2. The zero-order valence-electron chi connectivity index (χ0n) is 10.7. The molecular weight excluding hydrogens is 273 g/mol. The zero-order chi connectivity index (χ0) is 13.8. The molecule has 0 heterocycles. The van der Waals surface area contributed by atoms with Crippen molar-refractivity contribution >= 4 is 34.9 Å². The van der Waals surface area contributed by atoms with E-state index in [0.29, 0.717) is 22.3 Å². The molecule has 0 saturated carbocycles. The maximum absolute atomic E-state index is 11.5. The summed E-state index contributed by atoms with van der Waals surface area (Å²) in [6, 6.07) is 5.25. The van der Waals surface area contributed by atoms with E-state index in [9.17, 15) is 4.79 Å². The number of carbonyl (C=O) groups excluding carboxylic acids is 1. The van der Waals surface area contributed by atoms with Crippen LogP contribution in [0.5, 0.6) is 0 Å². The molecule has 0 radical (unpaired) electrons. The van der Waals surface area contributed by atoms with E-state index in [1.807, 2.05) is 20.8 Å². The van der Waals surface area contributed by atoms with Crippen LogP contribution < -0.4 is 5.32 Å². The van der Waals surface area contributed by atoms with Gasteiger partial charge in [-0.2, -0.15) is 0 Å². The molecule has 3 nitrogen and oxygen atoms in total. The van der Waals surface area contributed by atoms with Crippen LogP contribution in [0.1, 0.15) is 27.2 Å². The van der Waals surface area contributed by atoms with Crippen LogP contribution in [-0.2, 0) is 9.53 Å². The minimum Gasteiger partial charge on any atom is -0.460 e. The molecule has 1 N–H and O–H groups in total. The number of rotatable bonds is 4. The zero-order valence-corrected chi connectivity index (χ0v) is 12.2. The molecule has 0 aromatic heterocycles. The molecule has 0 spiro atoms. The van der Waals surface area contributed by atoms with E-state index < -0.39 is 5.60 Å². The first kappa shape index (κ1) is 15.1. The molecule has 0 unspecified atom stereocenters. The summed E-state index contributed by atoms with van der Waals surface area (Å²) in [5.41, 5.74) is 0.184. The van der Waals surface area contributed by atoms with Gasteiger partial charge in [0.25, 0.3) is 0 Å². The Labute approximate surface area is 117 Å². The van der Waals surface area contributed by atoms with Crippen molar-refractivity contribution in [1.82, 2.24) is 0 Å². The predicted octanol–water partition coefficient (Wildman–Crippen LogP) is 4.14. The van der Waals surface area contributed by atoms with Gasteiger partial charge in [-0.15, -0.1) is 0 Å². The summed E-state index contributed by atoms with van der Waals surface area (Å²) in [4.78, 5) is 11.5. The van der Waals surface area contributed by atoms with Gasteiger partial charge in [-0.3, -0.25) is 4.79 Å². The lowest BCUT2D eigenvalue weighted by molar-refractivity contribution is -0.154.